The van der Waals surface area contributed by atoms with Crippen molar-refractivity contribution < 1.29 is 9.53 Å². The summed E-state index contributed by atoms with van der Waals surface area (Å²) in [7, 11) is 3.85. The highest BCUT2D eigenvalue weighted by Crippen LogP contribution is 2.39. The predicted molar refractivity (Wildman–Crippen MR) is 155 cm³/mol. The van der Waals surface area contributed by atoms with Crippen LogP contribution in [0.2, 0.25) is 0 Å². The summed E-state index contributed by atoms with van der Waals surface area (Å²) in [5.74, 6) is 1.97. The molecule has 0 saturated heterocycles. The number of ether oxygens (including phenoxy) is 1. The molecular weight excluding hydrogens is 462 g/mol. The van der Waals surface area contributed by atoms with Crippen LogP contribution in [-0.4, -0.2) is 61.1 Å². The second kappa shape index (κ2) is 12.3. The van der Waals surface area contributed by atoms with Gasteiger partial charge in [-0.2, -0.15) is 0 Å². The molecular formula is C30H41N5O2. The highest BCUT2D eigenvalue weighted by atomic mass is 16.5. The molecule has 0 fully saturated rings. The minimum absolute atomic E-state index is 0.172. The van der Waals surface area contributed by atoms with E-state index in [2.05, 4.69) is 66.5 Å². The van der Waals surface area contributed by atoms with E-state index < -0.39 is 0 Å². The molecule has 4 rings (SSSR count). The summed E-state index contributed by atoms with van der Waals surface area (Å²) in [5, 5.41) is 11.4. The normalized spacial score (nSPS) is 11.6. The van der Waals surface area contributed by atoms with Crippen molar-refractivity contribution in [2.24, 2.45) is 0 Å². The van der Waals surface area contributed by atoms with Gasteiger partial charge in [-0.15, -0.1) is 0 Å². The average Bonchev–Trinajstić information content (AvgIpc) is 3.30. The Bertz CT molecular complexity index is 1380. The van der Waals surface area contributed by atoms with Crippen molar-refractivity contribution in [3.8, 4) is 5.75 Å². The Balaban J connectivity index is 1.41. The number of aryl methyl sites for hydroxylation is 2. The summed E-state index contributed by atoms with van der Waals surface area (Å²) in [5.41, 5.74) is 4.75. The first-order chi connectivity index (χ1) is 17.9. The summed E-state index contributed by atoms with van der Waals surface area (Å²) in [6.45, 7) is 10.0. The van der Waals surface area contributed by atoms with Gasteiger partial charge in [0.05, 0.1) is 12.6 Å². The Morgan fingerprint density at radius 1 is 1.03 bits per heavy atom. The van der Waals surface area contributed by atoms with Crippen molar-refractivity contribution in [1.82, 2.24) is 20.2 Å². The maximum atomic E-state index is 11.7. The van der Waals surface area contributed by atoms with E-state index in [9.17, 15) is 4.79 Å². The number of fused-ring (bicyclic) bond motifs is 4. The average molecular weight is 504 g/mol. The number of amides is 1. The van der Waals surface area contributed by atoms with E-state index in [0.717, 1.165) is 68.9 Å². The van der Waals surface area contributed by atoms with Crippen LogP contribution in [-0.2, 0) is 4.79 Å². The number of aromatic amines is 1. The van der Waals surface area contributed by atoms with Crippen molar-refractivity contribution in [3.63, 3.8) is 0 Å². The zero-order valence-electron chi connectivity index (χ0n) is 23.0. The third-order valence-corrected chi connectivity index (χ3v) is 7.29. The minimum atomic E-state index is 0.172. The van der Waals surface area contributed by atoms with Gasteiger partial charge in [-0.25, -0.2) is 4.98 Å². The molecule has 0 atom stereocenters. The Hall–Kier alpha value is -3.32. The highest BCUT2D eigenvalue weighted by Gasteiger charge is 2.17. The number of hydrogen-bond donors (Lipinski definition) is 3. The zero-order chi connectivity index (χ0) is 26.4. The summed E-state index contributed by atoms with van der Waals surface area (Å²) in [6.07, 6.45) is 6.54. The molecule has 0 radical (unpaired) electrons. The SMILES string of the molecule is CCCCC(=O)NCCCN(C)CCCNc1nccc2c(C)c3[nH]c4ccc(OC)cc4c3c(C)c12. The molecule has 198 valence electrons. The first-order valence-corrected chi connectivity index (χ1v) is 13.5. The molecule has 0 aliphatic carbocycles. The van der Waals surface area contributed by atoms with E-state index in [1.807, 2.05) is 12.3 Å². The lowest BCUT2D eigenvalue weighted by atomic mass is 9.96. The number of methoxy groups -OCH3 is 1. The highest BCUT2D eigenvalue weighted by molar-refractivity contribution is 6.18. The first-order valence-electron chi connectivity index (χ1n) is 13.5. The number of H-pyrrole nitrogens is 1. The Labute approximate surface area is 220 Å². The van der Waals surface area contributed by atoms with Crippen LogP contribution < -0.4 is 15.4 Å². The van der Waals surface area contributed by atoms with Crippen LogP contribution in [0.4, 0.5) is 5.82 Å². The summed E-state index contributed by atoms with van der Waals surface area (Å²) < 4.78 is 5.50. The number of hydrogen-bond acceptors (Lipinski definition) is 5. The van der Waals surface area contributed by atoms with Crippen LogP contribution in [0.1, 0.15) is 50.2 Å². The lowest BCUT2D eigenvalue weighted by Gasteiger charge is -2.18. The fourth-order valence-electron chi connectivity index (χ4n) is 5.19. The van der Waals surface area contributed by atoms with E-state index in [-0.39, 0.29) is 5.91 Å². The van der Waals surface area contributed by atoms with Crippen molar-refractivity contribution in [1.29, 1.82) is 0 Å². The quantitative estimate of drug-likeness (QED) is 0.197. The van der Waals surface area contributed by atoms with Crippen LogP contribution in [0.15, 0.2) is 30.5 Å². The van der Waals surface area contributed by atoms with Gasteiger partial charge < -0.3 is 25.3 Å². The minimum Gasteiger partial charge on any atom is -0.497 e. The van der Waals surface area contributed by atoms with Crippen molar-refractivity contribution >= 4 is 44.3 Å². The molecule has 7 nitrogen and oxygen atoms in total. The summed E-state index contributed by atoms with van der Waals surface area (Å²) >= 11 is 0. The molecule has 2 aromatic carbocycles. The number of anilines is 1. The molecule has 37 heavy (non-hydrogen) atoms. The fraction of sp³-hybridized carbons (Fsp3) is 0.467. The van der Waals surface area contributed by atoms with Gasteiger partial charge in [-0.1, -0.05) is 13.3 Å². The first kappa shape index (κ1) is 26.7. The lowest BCUT2D eigenvalue weighted by molar-refractivity contribution is -0.121. The standard InChI is InChI=1S/C30H41N5O2/c1-6-7-10-26(36)31-14-8-17-35(4)18-9-15-32-30-28-21(3)27-24-19-22(37-5)11-12-25(24)34-29(27)20(2)23(28)13-16-33-30/h11-13,16,19,34H,6-10,14-15,17-18H2,1-5H3,(H,31,36)(H,32,33). The second-order valence-electron chi connectivity index (χ2n) is 10.0. The molecule has 2 aromatic heterocycles. The Morgan fingerprint density at radius 3 is 2.57 bits per heavy atom. The van der Waals surface area contributed by atoms with Crippen LogP contribution in [0.3, 0.4) is 0 Å². The van der Waals surface area contributed by atoms with Crippen LogP contribution in [0, 0.1) is 13.8 Å². The predicted octanol–water partition coefficient (Wildman–Crippen LogP) is 5.93. The Kier molecular flexibility index (Phi) is 8.87. The van der Waals surface area contributed by atoms with Gasteiger partial charge in [-0.05, 0) is 94.0 Å². The maximum Gasteiger partial charge on any atom is 0.219 e. The van der Waals surface area contributed by atoms with Gasteiger partial charge in [0.1, 0.15) is 11.6 Å². The molecule has 0 spiro atoms. The lowest BCUT2D eigenvalue weighted by Crippen LogP contribution is -2.29. The van der Waals surface area contributed by atoms with Gasteiger partial charge in [-0.3, -0.25) is 4.79 Å². The van der Waals surface area contributed by atoms with Crippen LogP contribution >= 0.6 is 0 Å². The van der Waals surface area contributed by atoms with Crippen molar-refractivity contribution in [2.45, 2.75) is 52.9 Å². The molecule has 4 aromatic rings. The monoisotopic (exact) mass is 503 g/mol. The number of pyridine rings is 1. The number of aromatic nitrogens is 2. The second-order valence-corrected chi connectivity index (χ2v) is 10.0. The number of carbonyl (C=O) groups is 1. The van der Waals surface area contributed by atoms with E-state index in [1.165, 1.54) is 38.2 Å². The number of nitrogens with one attached hydrogen (secondary N) is 3. The number of carbonyl (C=O) groups excluding carboxylic acids is 1. The van der Waals surface area contributed by atoms with Gasteiger partial charge in [0.15, 0.2) is 0 Å². The van der Waals surface area contributed by atoms with Crippen molar-refractivity contribution in [3.05, 3.63) is 41.6 Å². The van der Waals surface area contributed by atoms with Gasteiger partial charge in [0.25, 0.3) is 0 Å². The Morgan fingerprint density at radius 2 is 1.81 bits per heavy atom. The third-order valence-electron chi connectivity index (χ3n) is 7.29. The molecule has 0 aliphatic rings. The largest absolute Gasteiger partial charge is 0.497 e. The molecule has 1 amide bonds. The van der Waals surface area contributed by atoms with Gasteiger partial charge in [0, 0.05) is 47.4 Å². The molecule has 0 unspecified atom stereocenters. The van der Waals surface area contributed by atoms with Gasteiger partial charge in [0.2, 0.25) is 5.91 Å². The maximum absolute atomic E-state index is 11.7. The molecule has 0 saturated carbocycles. The van der Waals surface area contributed by atoms with E-state index >= 15 is 0 Å². The van der Waals surface area contributed by atoms with Crippen LogP contribution in [0.5, 0.6) is 5.75 Å². The zero-order valence-corrected chi connectivity index (χ0v) is 23.0. The third kappa shape index (κ3) is 5.99. The van der Waals surface area contributed by atoms with E-state index in [0.29, 0.717) is 6.42 Å². The molecule has 0 bridgehead atoms. The van der Waals surface area contributed by atoms with Gasteiger partial charge >= 0.3 is 0 Å². The van der Waals surface area contributed by atoms with Crippen LogP contribution in [0.25, 0.3) is 32.6 Å². The number of nitrogens with zero attached hydrogens (tertiary/aromatic N) is 2. The van der Waals surface area contributed by atoms with E-state index in [4.69, 9.17) is 9.72 Å². The number of benzene rings is 2. The molecule has 7 heteroatoms. The smallest absolute Gasteiger partial charge is 0.219 e. The molecule has 2 heterocycles. The molecule has 3 N–H and O–H groups in total. The number of rotatable bonds is 13. The molecule has 0 aliphatic heterocycles. The van der Waals surface area contributed by atoms with Crippen molar-refractivity contribution in [2.75, 3.05) is 45.7 Å². The topological polar surface area (TPSA) is 82.3 Å². The summed E-state index contributed by atoms with van der Waals surface area (Å²) in [4.78, 5) is 22.4. The number of unbranched alkanes of at least 4 members (excludes halogenated alkanes) is 1. The van der Waals surface area contributed by atoms with E-state index in [1.54, 1.807) is 7.11 Å². The summed E-state index contributed by atoms with van der Waals surface area (Å²) in [6, 6.07) is 8.31. The fourth-order valence-corrected chi connectivity index (χ4v) is 5.19.